The summed E-state index contributed by atoms with van der Waals surface area (Å²) in [6.07, 6.45) is 0. The lowest BCUT2D eigenvalue weighted by Crippen LogP contribution is -1.97. The zero-order valence-corrected chi connectivity index (χ0v) is 10.4. The molecule has 0 aliphatic carbocycles. The number of thioether (sulfide) groups is 1. The number of thiophene rings is 1. The summed E-state index contributed by atoms with van der Waals surface area (Å²) in [7, 11) is 0. The number of carbonyl (C=O) groups is 1. The Kier molecular flexibility index (Phi) is 3.81. The van der Waals surface area contributed by atoms with E-state index in [4.69, 9.17) is 5.11 Å². The van der Waals surface area contributed by atoms with Crippen LogP contribution in [0.4, 0.5) is 4.39 Å². The largest absolute Gasteiger partial charge is 0.478 e. The van der Waals surface area contributed by atoms with E-state index in [1.54, 1.807) is 11.3 Å². The molecule has 0 aliphatic heterocycles. The summed E-state index contributed by atoms with van der Waals surface area (Å²) in [5.41, 5.74) is 0.111. The van der Waals surface area contributed by atoms with E-state index in [2.05, 4.69) is 0 Å². The summed E-state index contributed by atoms with van der Waals surface area (Å²) < 4.78 is 13.5. The van der Waals surface area contributed by atoms with Gasteiger partial charge >= 0.3 is 5.97 Å². The van der Waals surface area contributed by atoms with E-state index in [0.717, 1.165) is 4.88 Å². The summed E-state index contributed by atoms with van der Waals surface area (Å²) in [5.74, 6) is -0.767. The molecule has 0 spiro atoms. The molecule has 88 valence electrons. The van der Waals surface area contributed by atoms with E-state index in [0.29, 0.717) is 10.6 Å². The fraction of sp³-hybridized carbons (Fsp3) is 0.0833. The number of carboxylic acid groups (broad SMARTS) is 1. The number of rotatable bonds is 4. The number of benzene rings is 1. The normalized spacial score (nSPS) is 10.4. The molecule has 2 rings (SSSR count). The Labute approximate surface area is 106 Å². The van der Waals surface area contributed by atoms with Gasteiger partial charge in [-0.1, -0.05) is 6.07 Å². The lowest BCUT2D eigenvalue weighted by molar-refractivity contribution is 0.0696. The maximum atomic E-state index is 13.5. The highest BCUT2D eigenvalue weighted by Gasteiger charge is 2.09. The third-order valence-electron chi connectivity index (χ3n) is 2.13. The smallest absolute Gasteiger partial charge is 0.335 e. The minimum absolute atomic E-state index is 0.111. The summed E-state index contributed by atoms with van der Waals surface area (Å²) in [4.78, 5) is 12.3. The number of hydrogen-bond acceptors (Lipinski definition) is 3. The van der Waals surface area contributed by atoms with Gasteiger partial charge in [0.15, 0.2) is 0 Å². The molecule has 0 atom stereocenters. The standard InChI is InChI=1S/C12H9FO2S2/c13-10-4-3-8(12(14)15)6-11(10)17-7-9-2-1-5-16-9/h1-6H,7H2,(H,14,15). The molecule has 1 aromatic heterocycles. The molecule has 0 bridgehead atoms. The van der Waals surface area contributed by atoms with Crippen molar-refractivity contribution in [2.24, 2.45) is 0 Å². The lowest BCUT2D eigenvalue weighted by Gasteiger charge is -2.03. The van der Waals surface area contributed by atoms with E-state index in [-0.39, 0.29) is 11.4 Å². The van der Waals surface area contributed by atoms with E-state index < -0.39 is 5.97 Å². The average Bonchev–Trinajstić information content (AvgIpc) is 2.80. The van der Waals surface area contributed by atoms with E-state index in [1.807, 2.05) is 17.5 Å². The number of halogens is 1. The average molecular weight is 268 g/mol. The molecule has 1 N–H and O–H groups in total. The number of carboxylic acids is 1. The molecule has 0 aliphatic rings. The van der Waals surface area contributed by atoms with Crippen LogP contribution in [0.3, 0.4) is 0 Å². The molecule has 0 unspecified atom stereocenters. The van der Waals surface area contributed by atoms with Crippen LogP contribution >= 0.6 is 23.1 Å². The van der Waals surface area contributed by atoms with Gasteiger partial charge < -0.3 is 5.11 Å². The second-order valence-electron chi connectivity index (χ2n) is 3.32. The summed E-state index contributed by atoms with van der Waals surface area (Å²) in [5, 5.41) is 10.8. The van der Waals surface area contributed by atoms with Crippen molar-refractivity contribution in [2.45, 2.75) is 10.6 Å². The van der Waals surface area contributed by atoms with Crippen LogP contribution in [0.5, 0.6) is 0 Å². The van der Waals surface area contributed by atoms with Gasteiger partial charge in [0.1, 0.15) is 5.82 Å². The molecular weight excluding hydrogens is 259 g/mol. The van der Waals surface area contributed by atoms with Crippen LogP contribution in [-0.4, -0.2) is 11.1 Å². The third-order valence-corrected chi connectivity index (χ3v) is 4.27. The Bertz CT molecular complexity index is 523. The Hall–Kier alpha value is -1.33. The molecule has 1 heterocycles. The SMILES string of the molecule is O=C(O)c1ccc(F)c(SCc2cccs2)c1. The second kappa shape index (κ2) is 5.33. The summed E-state index contributed by atoms with van der Waals surface area (Å²) in [6, 6.07) is 7.74. The van der Waals surface area contributed by atoms with Gasteiger partial charge in [-0.15, -0.1) is 23.1 Å². The topological polar surface area (TPSA) is 37.3 Å². The van der Waals surface area contributed by atoms with Crippen LogP contribution in [0.1, 0.15) is 15.2 Å². The van der Waals surface area contributed by atoms with Crippen LogP contribution in [0.2, 0.25) is 0 Å². The van der Waals surface area contributed by atoms with Crippen molar-refractivity contribution >= 4 is 29.1 Å². The molecular formula is C12H9FO2S2. The Morgan fingerprint density at radius 2 is 2.24 bits per heavy atom. The fourth-order valence-corrected chi connectivity index (χ4v) is 3.04. The first-order valence-electron chi connectivity index (χ1n) is 4.85. The monoisotopic (exact) mass is 268 g/mol. The maximum absolute atomic E-state index is 13.5. The van der Waals surface area contributed by atoms with Crippen molar-refractivity contribution in [3.05, 3.63) is 52.0 Å². The van der Waals surface area contributed by atoms with Gasteiger partial charge in [-0.25, -0.2) is 9.18 Å². The molecule has 0 fully saturated rings. The number of aromatic carboxylic acids is 1. The van der Waals surface area contributed by atoms with Crippen LogP contribution < -0.4 is 0 Å². The Morgan fingerprint density at radius 3 is 2.88 bits per heavy atom. The Balaban J connectivity index is 2.14. The highest BCUT2D eigenvalue weighted by Crippen LogP contribution is 2.28. The zero-order valence-electron chi connectivity index (χ0n) is 8.72. The second-order valence-corrected chi connectivity index (χ2v) is 5.37. The Morgan fingerprint density at radius 1 is 1.41 bits per heavy atom. The van der Waals surface area contributed by atoms with Gasteiger partial charge in [0.25, 0.3) is 0 Å². The summed E-state index contributed by atoms with van der Waals surface area (Å²) >= 11 is 2.91. The van der Waals surface area contributed by atoms with Crippen molar-refractivity contribution < 1.29 is 14.3 Å². The predicted octanol–water partition coefficient (Wildman–Crippen LogP) is 3.88. The van der Waals surface area contributed by atoms with Crippen molar-refractivity contribution in [2.75, 3.05) is 0 Å². The van der Waals surface area contributed by atoms with Gasteiger partial charge in [-0.2, -0.15) is 0 Å². The first-order chi connectivity index (χ1) is 8.16. The van der Waals surface area contributed by atoms with Gasteiger partial charge in [-0.3, -0.25) is 0 Å². The first-order valence-corrected chi connectivity index (χ1v) is 6.71. The van der Waals surface area contributed by atoms with Crippen LogP contribution in [0.25, 0.3) is 0 Å². The fourth-order valence-electron chi connectivity index (χ4n) is 1.29. The third kappa shape index (κ3) is 3.08. The van der Waals surface area contributed by atoms with Crippen LogP contribution in [0.15, 0.2) is 40.6 Å². The molecule has 0 saturated carbocycles. The molecule has 0 amide bonds. The van der Waals surface area contributed by atoms with Crippen LogP contribution in [0, 0.1) is 5.82 Å². The highest BCUT2D eigenvalue weighted by molar-refractivity contribution is 7.98. The maximum Gasteiger partial charge on any atom is 0.335 e. The molecule has 0 radical (unpaired) electrons. The molecule has 5 heteroatoms. The van der Waals surface area contributed by atoms with E-state index >= 15 is 0 Å². The minimum Gasteiger partial charge on any atom is -0.478 e. The van der Waals surface area contributed by atoms with Gasteiger partial charge in [0.2, 0.25) is 0 Å². The summed E-state index contributed by atoms with van der Waals surface area (Å²) in [6.45, 7) is 0. The van der Waals surface area contributed by atoms with Crippen molar-refractivity contribution in [1.82, 2.24) is 0 Å². The van der Waals surface area contributed by atoms with Gasteiger partial charge in [0.05, 0.1) is 5.56 Å². The molecule has 17 heavy (non-hydrogen) atoms. The van der Waals surface area contributed by atoms with E-state index in [9.17, 15) is 9.18 Å². The quantitative estimate of drug-likeness (QED) is 0.855. The van der Waals surface area contributed by atoms with Crippen molar-refractivity contribution in [3.8, 4) is 0 Å². The molecule has 2 nitrogen and oxygen atoms in total. The highest BCUT2D eigenvalue weighted by atomic mass is 32.2. The van der Waals surface area contributed by atoms with E-state index in [1.165, 1.54) is 30.0 Å². The lowest BCUT2D eigenvalue weighted by atomic mass is 10.2. The minimum atomic E-state index is -1.04. The molecule has 0 saturated heterocycles. The first kappa shape index (κ1) is 12.1. The van der Waals surface area contributed by atoms with Gasteiger partial charge in [-0.05, 0) is 29.6 Å². The number of hydrogen-bond donors (Lipinski definition) is 1. The molecule has 1 aromatic carbocycles. The van der Waals surface area contributed by atoms with Crippen molar-refractivity contribution in [1.29, 1.82) is 0 Å². The predicted molar refractivity (Wildman–Crippen MR) is 67.2 cm³/mol. The van der Waals surface area contributed by atoms with Crippen LogP contribution in [-0.2, 0) is 5.75 Å². The zero-order chi connectivity index (χ0) is 12.3. The van der Waals surface area contributed by atoms with Crippen molar-refractivity contribution in [3.63, 3.8) is 0 Å². The van der Waals surface area contributed by atoms with Gasteiger partial charge in [0, 0.05) is 15.5 Å². The molecule has 2 aromatic rings.